The van der Waals surface area contributed by atoms with E-state index in [4.69, 9.17) is 4.74 Å². The van der Waals surface area contributed by atoms with Crippen molar-refractivity contribution in [2.24, 2.45) is 0 Å². The molecule has 94 valence electrons. The van der Waals surface area contributed by atoms with Gasteiger partial charge in [-0.25, -0.2) is 0 Å². The van der Waals surface area contributed by atoms with Crippen molar-refractivity contribution in [3.63, 3.8) is 0 Å². The molecule has 0 amide bonds. The van der Waals surface area contributed by atoms with Crippen LogP contribution < -0.4 is 10.1 Å². The Kier molecular flexibility index (Phi) is 4.35. The van der Waals surface area contributed by atoms with Crippen LogP contribution in [0.3, 0.4) is 0 Å². The number of hydrogen-bond acceptors (Lipinski definition) is 3. The molecule has 1 aliphatic rings. The fraction of sp³-hybridized carbons (Fsp3) is 0.571. The zero-order chi connectivity index (χ0) is 12.3. The highest BCUT2D eigenvalue weighted by Crippen LogP contribution is 2.39. The molecular formula is C14H21NOS. The predicted octanol–water partition coefficient (Wildman–Crippen LogP) is 3.19. The second-order valence-electron chi connectivity index (χ2n) is 4.57. The largest absolute Gasteiger partial charge is 0.496 e. The van der Waals surface area contributed by atoms with Gasteiger partial charge in [0.2, 0.25) is 0 Å². The fourth-order valence-corrected chi connectivity index (χ4v) is 3.31. The minimum absolute atomic E-state index is 0.598. The van der Waals surface area contributed by atoms with Crippen molar-refractivity contribution in [2.75, 3.05) is 26.5 Å². The predicted molar refractivity (Wildman–Crippen MR) is 74.4 cm³/mol. The van der Waals surface area contributed by atoms with Gasteiger partial charge in [-0.1, -0.05) is 6.07 Å². The molecule has 1 atom stereocenters. The normalized spacial score (nSPS) is 20.3. The monoisotopic (exact) mass is 251 g/mol. The van der Waals surface area contributed by atoms with Crippen LogP contribution in [-0.2, 0) is 0 Å². The molecule has 17 heavy (non-hydrogen) atoms. The molecule has 2 nitrogen and oxygen atoms in total. The van der Waals surface area contributed by atoms with Crippen LogP contribution in [-0.4, -0.2) is 26.5 Å². The van der Waals surface area contributed by atoms with Gasteiger partial charge in [-0.05, 0) is 44.2 Å². The number of hydrogen-bond donors (Lipinski definition) is 1. The van der Waals surface area contributed by atoms with Crippen LogP contribution >= 0.6 is 11.8 Å². The van der Waals surface area contributed by atoms with Gasteiger partial charge in [0, 0.05) is 22.9 Å². The van der Waals surface area contributed by atoms with E-state index in [2.05, 4.69) is 30.6 Å². The van der Waals surface area contributed by atoms with Gasteiger partial charge < -0.3 is 10.1 Å². The second-order valence-corrected chi connectivity index (χ2v) is 5.42. The van der Waals surface area contributed by atoms with Crippen LogP contribution in [0.5, 0.6) is 5.75 Å². The Morgan fingerprint density at radius 3 is 2.82 bits per heavy atom. The second kappa shape index (κ2) is 5.78. The average molecular weight is 251 g/mol. The van der Waals surface area contributed by atoms with E-state index in [1.807, 2.05) is 11.8 Å². The summed E-state index contributed by atoms with van der Waals surface area (Å²) in [6.45, 7) is 4.36. The zero-order valence-corrected chi connectivity index (χ0v) is 11.7. The van der Waals surface area contributed by atoms with E-state index < -0.39 is 0 Å². The van der Waals surface area contributed by atoms with Crippen molar-refractivity contribution in [3.05, 3.63) is 23.3 Å². The molecule has 1 saturated heterocycles. The Bertz CT molecular complexity index is 386. The molecule has 1 N–H and O–H groups in total. The standard InChI is InChI=1S/C14H21NOS/c1-10-6-7-12(17-3)13(14(10)16-2)11-5-4-8-15-9-11/h6-7,11,15H,4-5,8-9H2,1-3H3. The van der Waals surface area contributed by atoms with Gasteiger partial charge in [-0.3, -0.25) is 0 Å². The third-order valence-corrected chi connectivity index (χ3v) is 4.28. The van der Waals surface area contributed by atoms with Crippen molar-refractivity contribution < 1.29 is 4.74 Å². The number of benzene rings is 1. The third kappa shape index (κ3) is 2.61. The molecule has 0 spiro atoms. The summed E-state index contributed by atoms with van der Waals surface area (Å²) in [6.07, 6.45) is 4.67. The van der Waals surface area contributed by atoms with E-state index in [0.717, 1.165) is 18.8 Å². The van der Waals surface area contributed by atoms with Crippen molar-refractivity contribution in [1.82, 2.24) is 5.32 Å². The summed E-state index contributed by atoms with van der Waals surface area (Å²) in [5.74, 6) is 1.69. The van der Waals surface area contributed by atoms with Gasteiger partial charge in [0.15, 0.2) is 0 Å². The number of nitrogens with one attached hydrogen (secondary N) is 1. The fourth-order valence-electron chi connectivity index (χ4n) is 2.62. The molecule has 1 aliphatic heterocycles. The number of methoxy groups -OCH3 is 1. The topological polar surface area (TPSA) is 21.3 Å². The van der Waals surface area contributed by atoms with E-state index in [1.54, 1.807) is 7.11 Å². The Hall–Kier alpha value is -0.670. The first kappa shape index (κ1) is 12.8. The third-order valence-electron chi connectivity index (χ3n) is 3.48. The van der Waals surface area contributed by atoms with Gasteiger partial charge in [0.1, 0.15) is 5.75 Å². The maximum absolute atomic E-state index is 5.63. The van der Waals surface area contributed by atoms with Gasteiger partial charge in [-0.15, -0.1) is 11.8 Å². The summed E-state index contributed by atoms with van der Waals surface area (Å²) in [5.41, 5.74) is 2.65. The van der Waals surface area contributed by atoms with Crippen LogP contribution in [0.2, 0.25) is 0 Å². The molecule has 1 aromatic rings. The van der Waals surface area contributed by atoms with Crippen LogP contribution in [0.1, 0.15) is 29.9 Å². The number of rotatable bonds is 3. The van der Waals surface area contributed by atoms with Gasteiger partial charge in [-0.2, -0.15) is 0 Å². The first-order chi connectivity index (χ1) is 8.27. The number of ether oxygens (including phenoxy) is 1. The molecule has 1 fully saturated rings. The molecule has 0 aromatic heterocycles. The maximum atomic E-state index is 5.63. The van der Waals surface area contributed by atoms with E-state index in [0.29, 0.717) is 5.92 Å². The smallest absolute Gasteiger partial charge is 0.126 e. The van der Waals surface area contributed by atoms with Gasteiger partial charge in [0.05, 0.1) is 7.11 Å². The van der Waals surface area contributed by atoms with Crippen molar-refractivity contribution in [2.45, 2.75) is 30.6 Å². The lowest BCUT2D eigenvalue weighted by Crippen LogP contribution is -2.29. The summed E-state index contributed by atoms with van der Waals surface area (Å²) in [4.78, 5) is 1.36. The highest BCUT2D eigenvalue weighted by atomic mass is 32.2. The summed E-state index contributed by atoms with van der Waals surface area (Å²) in [7, 11) is 1.78. The highest BCUT2D eigenvalue weighted by Gasteiger charge is 2.22. The van der Waals surface area contributed by atoms with Crippen molar-refractivity contribution in [1.29, 1.82) is 0 Å². The Balaban J connectivity index is 2.43. The highest BCUT2D eigenvalue weighted by molar-refractivity contribution is 7.98. The number of thioether (sulfide) groups is 1. The van der Waals surface area contributed by atoms with E-state index in [9.17, 15) is 0 Å². The minimum Gasteiger partial charge on any atom is -0.496 e. The Morgan fingerprint density at radius 1 is 1.41 bits per heavy atom. The molecular weight excluding hydrogens is 230 g/mol. The SMILES string of the molecule is COc1c(C)ccc(SC)c1C1CCCNC1. The van der Waals surface area contributed by atoms with E-state index >= 15 is 0 Å². The van der Waals surface area contributed by atoms with E-state index in [-0.39, 0.29) is 0 Å². The molecule has 1 heterocycles. The number of piperidine rings is 1. The van der Waals surface area contributed by atoms with Gasteiger partial charge in [0.25, 0.3) is 0 Å². The molecule has 0 aliphatic carbocycles. The zero-order valence-electron chi connectivity index (χ0n) is 10.9. The summed E-state index contributed by atoms with van der Waals surface area (Å²) >= 11 is 1.82. The first-order valence-corrected chi connectivity index (χ1v) is 7.42. The molecule has 0 saturated carbocycles. The minimum atomic E-state index is 0.598. The van der Waals surface area contributed by atoms with Gasteiger partial charge >= 0.3 is 0 Å². The molecule has 2 rings (SSSR count). The van der Waals surface area contributed by atoms with Crippen molar-refractivity contribution in [3.8, 4) is 5.75 Å². The quantitative estimate of drug-likeness (QED) is 0.834. The summed E-state index contributed by atoms with van der Waals surface area (Å²) < 4.78 is 5.63. The Morgan fingerprint density at radius 2 is 2.24 bits per heavy atom. The summed E-state index contributed by atoms with van der Waals surface area (Å²) in [5, 5.41) is 3.49. The molecule has 1 aromatic carbocycles. The van der Waals surface area contributed by atoms with Crippen LogP contribution in [0.25, 0.3) is 0 Å². The van der Waals surface area contributed by atoms with E-state index in [1.165, 1.54) is 28.9 Å². The lowest BCUT2D eigenvalue weighted by molar-refractivity contribution is 0.386. The van der Waals surface area contributed by atoms with Crippen molar-refractivity contribution >= 4 is 11.8 Å². The lowest BCUT2D eigenvalue weighted by Gasteiger charge is -2.27. The Labute approximate surface area is 108 Å². The number of aryl methyl sites for hydroxylation is 1. The molecule has 1 unspecified atom stereocenters. The maximum Gasteiger partial charge on any atom is 0.126 e. The van der Waals surface area contributed by atoms with Crippen LogP contribution in [0.15, 0.2) is 17.0 Å². The molecule has 3 heteroatoms. The van der Waals surface area contributed by atoms with Crippen LogP contribution in [0, 0.1) is 6.92 Å². The summed E-state index contributed by atoms with van der Waals surface area (Å²) in [6, 6.07) is 4.39. The molecule has 0 bridgehead atoms. The average Bonchev–Trinajstić information content (AvgIpc) is 2.39. The lowest BCUT2D eigenvalue weighted by atomic mass is 9.89. The molecule has 0 radical (unpaired) electrons. The van der Waals surface area contributed by atoms with Crippen LogP contribution in [0.4, 0.5) is 0 Å². The first-order valence-electron chi connectivity index (χ1n) is 6.20.